The SMILES string of the molecule is C#CCCC(=O)C(C#N)C(=O)Nc1ccc(C(F)(F)F)c(OCCCCCC(=O)NCCNC(=O)CCCN(C(=O)c2c3ccccc3[n+](CCCS(=O)(=O)O)c3ccccc23)S(=O)(=O)c2ccc(C)cc2)c1. The predicted octanol–water partition coefficient (Wildman–Crippen LogP) is 6.43. The highest BCUT2D eigenvalue weighted by Crippen LogP contribution is 2.38. The highest BCUT2D eigenvalue weighted by molar-refractivity contribution is 7.89. The number of alkyl halides is 3. The Kier molecular flexibility index (Phi) is 20.0. The van der Waals surface area contributed by atoms with Crippen LogP contribution in [0.2, 0.25) is 0 Å². The molecule has 0 radical (unpaired) electrons. The van der Waals surface area contributed by atoms with E-state index in [1.165, 1.54) is 12.1 Å². The first kappa shape index (κ1) is 56.5. The summed E-state index contributed by atoms with van der Waals surface area (Å²) < 4.78 is 110. The number of halogens is 3. The Balaban J connectivity index is 1.13. The summed E-state index contributed by atoms with van der Waals surface area (Å²) in [5.41, 5.74) is 0.648. The Morgan fingerprint density at radius 2 is 1.41 bits per heavy atom. The number of terminal acetylenes is 1. The smallest absolute Gasteiger partial charge is 0.419 e. The number of sulfonamides is 1. The van der Waals surface area contributed by atoms with Gasteiger partial charge in [0.05, 0.1) is 45.2 Å². The third-order valence-corrected chi connectivity index (χ3v) is 14.0. The highest BCUT2D eigenvalue weighted by Gasteiger charge is 2.36. The molecule has 22 heteroatoms. The number of ketones is 1. The third-order valence-electron chi connectivity index (χ3n) is 11.4. The number of hydrogen-bond acceptors (Lipinski definition) is 11. The van der Waals surface area contributed by atoms with Gasteiger partial charge < -0.3 is 20.7 Å². The van der Waals surface area contributed by atoms with Crippen molar-refractivity contribution in [3.8, 4) is 24.2 Å². The molecule has 0 saturated heterocycles. The average Bonchev–Trinajstić information content (AvgIpc) is 3.33. The summed E-state index contributed by atoms with van der Waals surface area (Å²) in [6.07, 6.45) is 0.948. The van der Waals surface area contributed by atoms with E-state index in [0.717, 1.165) is 22.0 Å². The summed E-state index contributed by atoms with van der Waals surface area (Å²) in [6.45, 7) is 1.44. The number of nitrogens with one attached hydrogen (secondary N) is 3. The number of nitriles is 1. The van der Waals surface area contributed by atoms with Crippen LogP contribution in [0.3, 0.4) is 0 Å². The molecule has 0 aliphatic rings. The van der Waals surface area contributed by atoms with Crippen molar-refractivity contribution in [2.75, 3.05) is 37.3 Å². The number of aryl methyl sites for hydroxylation is 2. The number of nitrogens with zero attached hydrogens (tertiary/aromatic N) is 3. The van der Waals surface area contributed by atoms with E-state index in [1.54, 1.807) is 78.2 Å². The molecule has 1 heterocycles. The number of amides is 4. The summed E-state index contributed by atoms with van der Waals surface area (Å²) in [5.74, 6) is -4.02. The summed E-state index contributed by atoms with van der Waals surface area (Å²) in [4.78, 5) is 64.9. The lowest BCUT2D eigenvalue weighted by atomic mass is 10.0. The third kappa shape index (κ3) is 15.8. The Morgan fingerprint density at radius 3 is 1.99 bits per heavy atom. The number of para-hydroxylation sites is 2. The number of unbranched alkanes of at least 4 members (excludes halogenated alkanes) is 2. The first-order valence-corrected chi connectivity index (χ1v) is 26.2. The molecule has 4 amide bonds. The fourth-order valence-corrected chi connectivity index (χ4v) is 9.69. The monoisotopic (exact) mass is 1050 g/mol. The normalized spacial score (nSPS) is 12.0. The Labute approximate surface area is 420 Å². The zero-order valence-corrected chi connectivity index (χ0v) is 41.4. The van der Waals surface area contributed by atoms with Crippen LogP contribution in [0.5, 0.6) is 5.75 Å². The molecule has 0 saturated carbocycles. The maximum Gasteiger partial charge on any atom is 0.419 e. The van der Waals surface area contributed by atoms with Gasteiger partial charge in [0.25, 0.3) is 26.0 Å². The van der Waals surface area contributed by atoms with E-state index in [1.807, 2.05) is 0 Å². The maximum absolute atomic E-state index is 14.8. The van der Waals surface area contributed by atoms with Gasteiger partial charge >= 0.3 is 6.18 Å². The van der Waals surface area contributed by atoms with Gasteiger partial charge in [0.2, 0.25) is 28.8 Å². The first-order valence-electron chi connectivity index (χ1n) is 23.1. The van der Waals surface area contributed by atoms with Crippen LogP contribution in [0.4, 0.5) is 18.9 Å². The number of carbonyl (C=O) groups is 5. The zero-order valence-electron chi connectivity index (χ0n) is 39.7. The Hall–Kier alpha value is -7.40. The lowest BCUT2D eigenvalue weighted by molar-refractivity contribution is -0.645. The molecule has 0 aliphatic carbocycles. The molecule has 5 rings (SSSR count). The molecule has 17 nitrogen and oxygen atoms in total. The van der Waals surface area contributed by atoms with Crippen LogP contribution in [-0.2, 0) is 52.0 Å². The Bertz CT molecular complexity index is 3100. The lowest BCUT2D eigenvalue weighted by Gasteiger charge is -2.24. The first-order chi connectivity index (χ1) is 34.7. The van der Waals surface area contributed by atoms with Crippen molar-refractivity contribution < 1.29 is 67.8 Å². The summed E-state index contributed by atoms with van der Waals surface area (Å²) in [5, 5.41) is 17.7. The number of benzene rings is 4. The van der Waals surface area contributed by atoms with Crippen molar-refractivity contribution in [1.29, 1.82) is 5.26 Å². The van der Waals surface area contributed by atoms with Crippen LogP contribution in [0.1, 0.15) is 79.3 Å². The predicted molar refractivity (Wildman–Crippen MR) is 264 cm³/mol. The quantitative estimate of drug-likeness (QED) is 0.0117. The van der Waals surface area contributed by atoms with Crippen LogP contribution in [0.15, 0.2) is 95.9 Å². The molecule has 73 heavy (non-hydrogen) atoms. The summed E-state index contributed by atoms with van der Waals surface area (Å²) in [6, 6.07) is 23.7. The van der Waals surface area contributed by atoms with E-state index in [4.69, 9.17) is 11.2 Å². The molecule has 0 bridgehead atoms. The highest BCUT2D eigenvalue weighted by atomic mass is 32.2. The van der Waals surface area contributed by atoms with Crippen molar-refractivity contribution in [2.45, 2.75) is 82.3 Å². The number of rotatable bonds is 26. The average molecular weight is 1050 g/mol. The van der Waals surface area contributed by atoms with Crippen LogP contribution in [0, 0.1) is 36.5 Å². The molecule has 0 fully saturated rings. The van der Waals surface area contributed by atoms with Gasteiger partial charge in [-0.1, -0.05) is 42.0 Å². The standard InChI is InChI=1S/C51H53F3N6O11S2/c1-3-4-18-44(61)40(34-55)49(64)58-36-23-26-41(51(52,53)54)45(33-36)71-31-11-5-6-19-46(62)56-27-28-57-47(63)20-12-30-60(73(69,70)37-24-21-35(2)22-25-37)50(65)48-38-14-7-9-16-42(38)59(29-13-32-72(66,67)68)43-17-10-8-15-39(43)48/h1,7-10,14-17,21-26,33,40H,4-6,11-13,18-20,27-32H2,2H3,(H3-,56,57,58,62,63,64,66,67,68)/p+1. The maximum atomic E-state index is 14.8. The Morgan fingerprint density at radius 1 is 0.808 bits per heavy atom. The van der Waals surface area contributed by atoms with Gasteiger partial charge in [-0.15, -0.1) is 12.3 Å². The molecule has 5 aromatic rings. The van der Waals surface area contributed by atoms with E-state index in [-0.39, 0.29) is 99.8 Å². The number of carbonyl (C=O) groups excluding carboxylic acids is 5. The zero-order chi connectivity index (χ0) is 53.3. The van der Waals surface area contributed by atoms with Crippen molar-refractivity contribution in [2.24, 2.45) is 5.92 Å². The van der Waals surface area contributed by atoms with Gasteiger partial charge in [-0.3, -0.25) is 28.5 Å². The molecule has 1 atom stereocenters. The molecule has 4 aromatic carbocycles. The van der Waals surface area contributed by atoms with Crippen LogP contribution < -0.4 is 25.3 Å². The number of aromatic nitrogens is 1. The number of pyridine rings is 1. The molecule has 4 N–H and O–H groups in total. The lowest BCUT2D eigenvalue weighted by Crippen LogP contribution is -2.41. The van der Waals surface area contributed by atoms with Crippen LogP contribution in [-0.4, -0.2) is 87.1 Å². The van der Waals surface area contributed by atoms with Gasteiger partial charge in [0, 0.05) is 75.6 Å². The largest absolute Gasteiger partial charge is 0.493 e. The molecular weight excluding hydrogens is 994 g/mol. The van der Waals surface area contributed by atoms with E-state index >= 15 is 0 Å². The van der Waals surface area contributed by atoms with Crippen molar-refractivity contribution in [1.82, 2.24) is 14.9 Å². The van der Waals surface area contributed by atoms with Crippen molar-refractivity contribution in [3.63, 3.8) is 0 Å². The molecule has 1 aromatic heterocycles. The minimum absolute atomic E-state index is 0.00407. The number of hydrogen-bond donors (Lipinski definition) is 4. The number of fused-ring (bicyclic) bond motifs is 2. The van der Waals surface area contributed by atoms with Gasteiger partial charge in [-0.05, 0) is 69.0 Å². The van der Waals surface area contributed by atoms with E-state index < -0.39 is 72.8 Å². The van der Waals surface area contributed by atoms with Gasteiger partial charge in [-0.2, -0.15) is 31.4 Å². The number of anilines is 1. The summed E-state index contributed by atoms with van der Waals surface area (Å²) in [7, 11) is -8.75. The van der Waals surface area contributed by atoms with Crippen molar-refractivity contribution in [3.05, 3.63) is 108 Å². The van der Waals surface area contributed by atoms with E-state index in [2.05, 4.69) is 21.9 Å². The summed E-state index contributed by atoms with van der Waals surface area (Å²) >= 11 is 0. The second-order valence-electron chi connectivity index (χ2n) is 16.8. The molecular formula is C51H54F3N6O11S2+. The fraction of sp³-hybridized carbons (Fsp3) is 0.353. The second kappa shape index (κ2) is 25.8. The minimum Gasteiger partial charge on any atom is -0.493 e. The molecule has 1 unspecified atom stereocenters. The topological polar surface area (TPSA) is 250 Å². The molecule has 0 aliphatic heterocycles. The van der Waals surface area contributed by atoms with Gasteiger partial charge in [0.15, 0.2) is 18.2 Å². The van der Waals surface area contributed by atoms with E-state index in [9.17, 15) is 63.8 Å². The van der Waals surface area contributed by atoms with Crippen molar-refractivity contribution >= 4 is 77.0 Å². The van der Waals surface area contributed by atoms with Gasteiger partial charge in [-0.25, -0.2) is 12.7 Å². The second-order valence-corrected chi connectivity index (χ2v) is 20.2. The molecule has 386 valence electrons. The van der Waals surface area contributed by atoms with Crippen LogP contribution >= 0.6 is 0 Å². The number of Topliss-reactive ketones (excluding diaryl/α,β-unsaturated/α-hetero) is 1. The number of ether oxygens (including phenoxy) is 1. The molecule has 0 spiro atoms. The van der Waals surface area contributed by atoms with Gasteiger partial charge in [0.1, 0.15) is 5.75 Å². The van der Waals surface area contributed by atoms with E-state index in [0.29, 0.717) is 40.7 Å². The minimum atomic E-state index is -4.80. The van der Waals surface area contributed by atoms with Crippen LogP contribution in [0.25, 0.3) is 21.8 Å². The fourth-order valence-electron chi connectivity index (χ4n) is 7.78.